The zero-order valence-corrected chi connectivity index (χ0v) is 14.8. The van der Waals surface area contributed by atoms with Gasteiger partial charge in [-0.3, -0.25) is 4.79 Å². The molecule has 0 aliphatic heterocycles. The van der Waals surface area contributed by atoms with Crippen molar-refractivity contribution in [2.45, 2.75) is 19.9 Å². The molecule has 0 bridgehead atoms. The van der Waals surface area contributed by atoms with E-state index in [0.29, 0.717) is 5.02 Å². The van der Waals surface area contributed by atoms with Crippen LogP contribution in [0.15, 0.2) is 46.9 Å². The van der Waals surface area contributed by atoms with Crippen LogP contribution < -0.4 is 10.6 Å². The van der Waals surface area contributed by atoms with Gasteiger partial charge in [0.2, 0.25) is 5.91 Å². The van der Waals surface area contributed by atoms with Gasteiger partial charge in [-0.15, -0.1) is 0 Å². The molecule has 0 saturated carbocycles. The van der Waals surface area contributed by atoms with Crippen molar-refractivity contribution in [3.8, 4) is 0 Å². The number of anilines is 1. The molecule has 0 aromatic heterocycles. The molecule has 2 rings (SSSR count). The Bertz CT molecular complexity index is 675. The maximum Gasteiger partial charge on any atom is 0.238 e. The molecule has 0 aliphatic rings. The van der Waals surface area contributed by atoms with Gasteiger partial charge in [0.1, 0.15) is 0 Å². The molecular formula is C17H18BrClN2O. The first-order chi connectivity index (χ1) is 10.5. The van der Waals surface area contributed by atoms with E-state index in [-0.39, 0.29) is 18.5 Å². The highest BCUT2D eigenvalue weighted by Gasteiger charge is 2.11. The molecule has 0 radical (unpaired) electrons. The number of nitrogens with one attached hydrogen (secondary N) is 2. The van der Waals surface area contributed by atoms with Crippen LogP contribution >= 0.6 is 27.5 Å². The number of aryl methyl sites for hydroxylation is 1. The Balaban J connectivity index is 1.91. The topological polar surface area (TPSA) is 41.1 Å². The van der Waals surface area contributed by atoms with Crippen molar-refractivity contribution in [1.82, 2.24) is 5.32 Å². The third-order valence-corrected chi connectivity index (χ3v) is 4.34. The number of halogens is 2. The summed E-state index contributed by atoms with van der Waals surface area (Å²) in [5, 5.41) is 6.75. The van der Waals surface area contributed by atoms with Gasteiger partial charge in [-0.1, -0.05) is 35.9 Å². The predicted molar refractivity (Wildman–Crippen MR) is 95.4 cm³/mol. The maximum atomic E-state index is 12.0. The molecular weight excluding hydrogens is 364 g/mol. The van der Waals surface area contributed by atoms with Crippen molar-refractivity contribution in [3.05, 3.63) is 63.1 Å². The maximum absolute atomic E-state index is 12.0. The van der Waals surface area contributed by atoms with E-state index in [9.17, 15) is 4.79 Å². The molecule has 3 nitrogen and oxygen atoms in total. The van der Waals surface area contributed by atoms with Gasteiger partial charge in [0, 0.05) is 15.5 Å². The van der Waals surface area contributed by atoms with Gasteiger partial charge in [-0.25, -0.2) is 0 Å². The van der Waals surface area contributed by atoms with Crippen molar-refractivity contribution in [2.75, 3.05) is 11.9 Å². The second kappa shape index (κ2) is 7.77. The van der Waals surface area contributed by atoms with E-state index in [1.807, 2.05) is 56.3 Å². The molecule has 0 unspecified atom stereocenters. The molecule has 1 atom stereocenters. The summed E-state index contributed by atoms with van der Waals surface area (Å²) in [5.74, 6) is -0.0940. The number of rotatable bonds is 5. The number of amides is 1. The fraction of sp³-hybridized carbons (Fsp3) is 0.235. The molecule has 2 aromatic carbocycles. The molecule has 0 fully saturated rings. The molecule has 116 valence electrons. The number of hydrogen-bond donors (Lipinski definition) is 2. The average molecular weight is 382 g/mol. The van der Waals surface area contributed by atoms with Crippen molar-refractivity contribution in [2.24, 2.45) is 0 Å². The molecule has 0 spiro atoms. The van der Waals surface area contributed by atoms with E-state index in [1.54, 1.807) is 0 Å². The van der Waals surface area contributed by atoms with Crippen LogP contribution in [0.2, 0.25) is 5.02 Å². The molecule has 0 aliphatic carbocycles. The zero-order valence-electron chi connectivity index (χ0n) is 12.5. The van der Waals surface area contributed by atoms with Crippen LogP contribution in [-0.4, -0.2) is 12.5 Å². The van der Waals surface area contributed by atoms with Crippen LogP contribution in [-0.2, 0) is 4.79 Å². The lowest BCUT2D eigenvalue weighted by Crippen LogP contribution is -2.30. The largest absolute Gasteiger partial charge is 0.324 e. The fourth-order valence-corrected chi connectivity index (χ4v) is 2.99. The quantitative estimate of drug-likeness (QED) is 0.788. The Kier molecular flexibility index (Phi) is 6.00. The summed E-state index contributed by atoms with van der Waals surface area (Å²) in [6.45, 7) is 4.20. The highest BCUT2D eigenvalue weighted by atomic mass is 79.9. The zero-order chi connectivity index (χ0) is 16.1. The summed E-state index contributed by atoms with van der Waals surface area (Å²) in [6, 6.07) is 13.4. The van der Waals surface area contributed by atoms with E-state index in [1.165, 1.54) is 0 Å². The second-order valence-corrected chi connectivity index (χ2v) is 6.42. The minimum atomic E-state index is -0.0940. The normalized spacial score (nSPS) is 12.0. The van der Waals surface area contributed by atoms with E-state index in [2.05, 4.69) is 26.6 Å². The van der Waals surface area contributed by atoms with Gasteiger partial charge in [0.15, 0.2) is 0 Å². The molecule has 0 saturated heterocycles. The van der Waals surface area contributed by atoms with Gasteiger partial charge in [0.25, 0.3) is 0 Å². The number of hydrogen-bond acceptors (Lipinski definition) is 2. The Labute approximate surface area is 144 Å². The number of carbonyl (C=O) groups is 1. The molecule has 22 heavy (non-hydrogen) atoms. The lowest BCUT2D eigenvalue weighted by atomic mass is 10.1. The third-order valence-electron chi connectivity index (χ3n) is 3.34. The van der Waals surface area contributed by atoms with Crippen LogP contribution in [0.3, 0.4) is 0 Å². The lowest BCUT2D eigenvalue weighted by molar-refractivity contribution is -0.115. The molecule has 2 N–H and O–H groups in total. The highest BCUT2D eigenvalue weighted by Crippen LogP contribution is 2.24. The van der Waals surface area contributed by atoms with Crippen LogP contribution in [0.5, 0.6) is 0 Å². The van der Waals surface area contributed by atoms with Crippen molar-refractivity contribution < 1.29 is 4.79 Å². The summed E-state index contributed by atoms with van der Waals surface area (Å²) in [4.78, 5) is 12.0. The Morgan fingerprint density at radius 2 is 2.00 bits per heavy atom. The number of carbonyl (C=O) groups excluding carboxylic acids is 1. The van der Waals surface area contributed by atoms with E-state index >= 15 is 0 Å². The SMILES string of the molecule is Cc1ccc(NC(=O)CN[C@H](C)c2ccccc2Cl)c(Br)c1. The number of benzene rings is 2. The Morgan fingerprint density at radius 1 is 1.27 bits per heavy atom. The van der Waals surface area contributed by atoms with Gasteiger partial charge >= 0.3 is 0 Å². The summed E-state index contributed by atoms with van der Waals surface area (Å²) >= 11 is 9.60. The second-order valence-electron chi connectivity index (χ2n) is 5.16. The standard InChI is InChI=1S/C17H18BrClN2O/c1-11-7-8-16(14(18)9-11)21-17(22)10-20-12(2)13-5-3-4-6-15(13)19/h3-9,12,20H,10H2,1-2H3,(H,21,22)/t12-/m1/s1. The van der Waals surface area contributed by atoms with Gasteiger partial charge in [-0.05, 0) is 59.1 Å². The Hall–Kier alpha value is -1.36. The lowest BCUT2D eigenvalue weighted by Gasteiger charge is -2.16. The molecule has 1 amide bonds. The minimum absolute atomic E-state index is 0.000841. The van der Waals surface area contributed by atoms with Crippen molar-refractivity contribution in [3.63, 3.8) is 0 Å². The summed E-state index contributed by atoms with van der Waals surface area (Å²) in [7, 11) is 0. The summed E-state index contributed by atoms with van der Waals surface area (Å²) in [6.07, 6.45) is 0. The van der Waals surface area contributed by atoms with E-state index < -0.39 is 0 Å². The van der Waals surface area contributed by atoms with E-state index in [4.69, 9.17) is 11.6 Å². The first-order valence-electron chi connectivity index (χ1n) is 7.01. The smallest absolute Gasteiger partial charge is 0.238 e. The molecule has 0 heterocycles. The minimum Gasteiger partial charge on any atom is -0.324 e. The summed E-state index contributed by atoms with van der Waals surface area (Å²) in [5.41, 5.74) is 2.88. The first-order valence-corrected chi connectivity index (χ1v) is 8.18. The van der Waals surface area contributed by atoms with Crippen LogP contribution in [0.4, 0.5) is 5.69 Å². The fourth-order valence-electron chi connectivity index (χ4n) is 2.10. The van der Waals surface area contributed by atoms with Crippen LogP contribution in [0.1, 0.15) is 24.1 Å². The summed E-state index contributed by atoms with van der Waals surface area (Å²) < 4.78 is 0.875. The predicted octanol–water partition coefficient (Wildman–Crippen LogP) is 4.70. The Morgan fingerprint density at radius 3 is 2.68 bits per heavy atom. The van der Waals surface area contributed by atoms with E-state index in [0.717, 1.165) is 21.3 Å². The first kappa shape index (κ1) is 17.0. The van der Waals surface area contributed by atoms with Crippen LogP contribution in [0.25, 0.3) is 0 Å². The third kappa shape index (κ3) is 4.57. The van der Waals surface area contributed by atoms with Gasteiger partial charge in [0.05, 0.1) is 12.2 Å². The molecule has 5 heteroatoms. The van der Waals surface area contributed by atoms with Gasteiger partial charge < -0.3 is 10.6 Å². The highest BCUT2D eigenvalue weighted by molar-refractivity contribution is 9.10. The van der Waals surface area contributed by atoms with Gasteiger partial charge in [-0.2, -0.15) is 0 Å². The monoisotopic (exact) mass is 380 g/mol. The average Bonchev–Trinajstić information content (AvgIpc) is 2.48. The van der Waals surface area contributed by atoms with Crippen molar-refractivity contribution >= 4 is 39.1 Å². The molecule has 2 aromatic rings. The van der Waals surface area contributed by atoms with Crippen LogP contribution in [0, 0.1) is 6.92 Å². The van der Waals surface area contributed by atoms with Crippen molar-refractivity contribution in [1.29, 1.82) is 0 Å².